The predicted molar refractivity (Wildman–Crippen MR) is 87.9 cm³/mol. The summed E-state index contributed by atoms with van der Waals surface area (Å²) in [5.74, 6) is 2.04. The molecule has 22 heavy (non-hydrogen) atoms. The lowest BCUT2D eigenvalue weighted by Crippen LogP contribution is -2.28. The number of benzene rings is 1. The van der Waals surface area contributed by atoms with Crippen LogP contribution >= 0.6 is 0 Å². The maximum absolute atomic E-state index is 8.95. The van der Waals surface area contributed by atoms with Crippen LogP contribution in [0.5, 0.6) is 5.75 Å². The highest BCUT2D eigenvalue weighted by Crippen LogP contribution is 2.22. The summed E-state index contributed by atoms with van der Waals surface area (Å²) in [6, 6.07) is 15.7. The van der Waals surface area contributed by atoms with Crippen molar-refractivity contribution in [2.24, 2.45) is 5.92 Å². The second kappa shape index (κ2) is 7.46. The number of nitriles is 1. The van der Waals surface area contributed by atoms with E-state index in [1.165, 1.54) is 0 Å². The van der Waals surface area contributed by atoms with Crippen molar-refractivity contribution < 1.29 is 4.74 Å². The highest BCUT2D eigenvalue weighted by molar-refractivity contribution is 5.41. The van der Waals surface area contributed by atoms with Gasteiger partial charge in [-0.1, -0.05) is 38.1 Å². The van der Waals surface area contributed by atoms with E-state index in [2.05, 4.69) is 36.3 Å². The van der Waals surface area contributed by atoms with Crippen molar-refractivity contribution in [1.82, 2.24) is 4.98 Å². The normalized spacial score (nSPS) is 11.8. The fraction of sp³-hybridized carbons (Fsp3) is 0.333. The third-order valence-corrected chi connectivity index (χ3v) is 3.63. The van der Waals surface area contributed by atoms with E-state index in [-0.39, 0.29) is 6.04 Å². The summed E-state index contributed by atoms with van der Waals surface area (Å²) in [6.45, 7) is 4.34. The quantitative estimate of drug-likeness (QED) is 0.884. The third-order valence-electron chi connectivity index (χ3n) is 3.63. The van der Waals surface area contributed by atoms with Crippen molar-refractivity contribution in [3.05, 3.63) is 53.7 Å². The molecule has 0 aliphatic heterocycles. The van der Waals surface area contributed by atoms with Gasteiger partial charge in [0.25, 0.3) is 0 Å². The lowest BCUT2D eigenvalue weighted by Gasteiger charge is -2.24. The number of anilines is 1. The molecule has 0 amide bonds. The Hall–Kier alpha value is -2.54. The van der Waals surface area contributed by atoms with Crippen LogP contribution in [0, 0.1) is 17.2 Å². The molecule has 1 aromatic heterocycles. The Kier molecular flexibility index (Phi) is 5.37. The molecule has 1 N–H and O–H groups in total. The molecule has 0 bridgehead atoms. The number of para-hydroxylation sites is 1. The zero-order valence-electron chi connectivity index (χ0n) is 13.2. The van der Waals surface area contributed by atoms with Crippen LogP contribution in [-0.2, 0) is 6.42 Å². The predicted octanol–water partition coefficient (Wildman–Crippen LogP) is 3.64. The Morgan fingerprint density at radius 1 is 1.18 bits per heavy atom. The molecule has 0 saturated heterocycles. The molecule has 0 saturated carbocycles. The number of rotatable bonds is 6. The van der Waals surface area contributed by atoms with E-state index in [0.717, 1.165) is 23.6 Å². The van der Waals surface area contributed by atoms with E-state index in [1.54, 1.807) is 13.2 Å². The first-order valence-corrected chi connectivity index (χ1v) is 7.39. The molecule has 4 heteroatoms. The van der Waals surface area contributed by atoms with Crippen LogP contribution in [0.4, 0.5) is 5.82 Å². The zero-order chi connectivity index (χ0) is 15.9. The molecule has 2 rings (SSSR count). The monoisotopic (exact) mass is 295 g/mol. The fourth-order valence-corrected chi connectivity index (χ4v) is 2.33. The largest absolute Gasteiger partial charge is 0.496 e. The molecule has 0 radical (unpaired) electrons. The molecule has 2 aromatic rings. The SMILES string of the molecule is COc1ccccc1CC(Nc1cccc(C#N)n1)C(C)C. The Morgan fingerprint density at radius 3 is 2.64 bits per heavy atom. The van der Waals surface area contributed by atoms with E-state index in [1.807, 2.05) is 30.3 Å². The minimum atomic E-state index is 0.206. The van der Waals surface area contributed by atoms with Gasteiger partial charge in [-0.25, -0.2) is 4.98 Å². The first-order valence-electron chi connectivity index (χ1n) is 7.39. The summed E-state index contributed by atoms with van der Waals surface area (Å²) in [7, 11) is 1.69. The van der Waals surface area contributed by atoms with Gasteiger partial charge in [0.1, 0.15) is 23.3 Å². The molecular formula is C18H21N3O. The van der Waals surface area contributed by atoms with Gasteiger partial charge in [0, 0.05) is 6.04 Å². The van der Waals surface area contributed by atoms with Gasteiger partial charge >= 0.3 is 0 Å². The van der Waals surface area contributed by atoms with Gasteiger partial charge in [-0.05, 0) is 36.1 Å². The lowest BCUT2D eigenvalue weighted by molar-refractivity contribution is 0.405. The average molecular weight is 295 g/mol. The van der Waals surface area contributed by atoms with E-state index >= 15 is 0 Å². The summed E-state index contributed by atoms with van der Waals surface area (Å²) < 4.78 is 5.43. The molecule has 0 aliphatic carbocycles. The maximum atomic E-state index is 8.95. The Bertz CT molecular complexity index is 661. The summed E-state index contributed by atoms with van der Waals surface area (Å²) in [6.07, 6.45) is 0.833. The number of hydrogen-bond acceptors (Lipinski definition) is 4. The number of nitrogens with one attached hydrogen (secondary N) is 1. The number of methoxy groups -OCH3 is 1. The molecule has 4 nitrogen and oxygen atoms in total. The van der Waals surface area contributed by atoms with Gasteiger partial charge in [0.15, 0.2) is 0 Å². The third kappa shape index (κ3) is 3.98. The van der Waals surface area contributed by atoms with Gasteiger partial charge in [-0.2, -0.15) is 5.26 Å². The first-order chi connectivity index (χ1) is 10.6. The van der Waals surface area contributed by atoms with E-state index in [4.69, 9.17) is 10.00 Å². The van der Waals surface area contributed by atoms with Crippen molar-refractivity contribution in [2.75, 3.05) is 12.4 Å². The lowest BCUT2D eigenvalue weighted by atomic mass is 9.96. The Labute approximate surface area is 131 Å². The smallest absolute Gasteiger partial charge is 0.142 e. The highest BCUT2D eigenvalue weighted by atomic mass is 16.5. The van der Waals surface area contributed by atoms with Crippen LogP contribution in [0.2, 0.25) is 0 Å². The standard InChI is InChI=1S/C18H21N3O/c1-13(2)16(11-14-7-4-5-9-17(14)22-3)21-18-10-6-8-15(12-19)20-18/h4-10,13,16H,11H2,1-3H3,(H,20,21). The van der Waals surface area contributed by atoms with Gasteiger partial charge < -0.3 is 10.1 Å². The van der Waals surface area contributed by atoms with E-state index in [0.29, 0.717) is 11.6 Å². The van der Waals surface area contributed by atoms with Gasteiger partial charge in [-0.3, -0.25) is 0 Å². The number of hydrogen-bond donors (Lipinski definition) is 1. The summed E-state index contributed by atoms with van der Waals surface area (Å²) in [5.41, 5.74) is 1.58. The van der Waals surface area contributed by atoms with Crippen LogP contribution in [0.15, 0.2) is 42.5 Å². The second-order valence-electron chi connectivity index (χ2n) is 5.53. The zero-order valence-corrected chi connectivity index (χ0v) is 13.2. The fourth-order valence-electron chi connectivity index (χ4n) is 2.33. The molecule has 1 heterocycles. The molecule has 0 fully saturated rings. The maximum Gasteiger partial charge on any atom is 0.142 e. The Morgan fingerprint density at radius 2 is 1.95 bits per heavy atom. The topological polar surface area (TPSA) is 57.9 Å². The molecule has 1 aromatic carbocycles. The highest BCUT2D eigenvalue weighted by Gasteiger charge is 2.16. The van der Waals surface area contributed by atoms with E-state index in [9.17, 15) is 0 Å². The molecule has 0 spiro atoms. The van der Waals surface area contributed by atoms with Crippen molar-refractivity contribution >= 4 is 5.82 Å². The summed E-state index contributed by atoms with van der Waals surface area (Å²) in [5, 5.41) is 12.4. The minimum absolute atomic E-state index is 0.206. The number of pyridine rings is 1. The van der Waals surface area contributed by atoms with Crippen LogP contribution in [0.3, 0.4) is 0 Å². The summed E-state index contributed by atoms with van der Waals surface area (Å²) in [4.78, 5) is 4.29. The molecule has 1 unspecified atom stereocenters. The van der Waals surface area contributed by atoms with E-state index < -0.39 is 0 Å². The van der Waals surface area contributed by atoms with Crippen molar-refractivity contribution in [2.45, 2.75) is 26.3 Å². The number of nitrogens with zero attached hydrogens (tertiary/aromatic N) is 2. The van der Waals surface area contributed by atoms with Gasteiger partial charge in [0.05, 0.1) is 7.11 Å². The molecular weight excluding hydrogens is 274 g/mol. The Balaban J connectivity index is 2.18. The number of aromatic nitrogens is 1. The average Bonchev–Trinajstić information content (AvgIpc) is 2.54. The van der Waals surface area contributed by atoms with Crippen LogP contribution in [0.25, 0.3) is 0 Å². The molecule has 114 valence electrons. The van der Waals surface area contributed by atoms with Gasteiger partial charge in [-0.15, -0.1) is 0 Å². The summed E-state index contributed by atoms with van der Waals surface area (Å²) >= 11 is 0. The van der Waals surface area contributed by atoms with Crippen molar-refractivity contribution in [3.63, 3.8) is 0 Å². The molecule has 1 atom stereocenters. The van der Waals surface area contributed by atoms with Crippen molar-refractivity contribution in [1.29, 1.82) is 5.26 Å². The minimum Gasteiger partial charge on any atom is -0.496 e. The van der Waals surface area contributed by atoms with Crippen LogP contribution in [-0.4, -0.2) is 18.1 Å². The van der Waals surface area contributed by atoms with Crippen LogP contribution in [0.1, 0.15) is 25.1 Å². The van der Waals surface area contributed by atoms with Gasteiger partial charge in [0.2, 0.25) is 0 Å². The molecule has 0 aliphatic rings. The van der Waals surface area contributed by atoms with Crippen LogP contribution < -0.4 is 10.1 Å². The second-order valence-corrected chi connectivity index (χ2v) is 5.53. The van der Waals surface area contributed by atoms with Crippen molar-refractivity contribution in [3.8, 4) is 11.8 Å². The first kappa shape index (κ1) is 15.8. The number of ether oxygens (including phenoxy) is 1.